The van der Waals surface area contributed by atoms with Gasteiger partial charge in [0.25, 0.3) is 0 Å². The number of carbonyl (C=O) groups is 1. The number of anilines is 7. The number of methoxy groups -OCH3 is 2. The lowest BCUT2D eigenvalue weighted by atomic mass is 10.1. The number of aromatic nitrogens is 6. The van der Waals surface area contributed by atoms with Crippen molar-refractivity contribution in [1.82, 2.24) is 29.9 Å². The number of rotatable bonds is 11. The molecule has 0 atom stereocenters. The minimum atomic E-state index is -0.667. The third-order valence-electron chi connectivity index (χ3n) is 7.76. The predicted molar refractivity (Wildman–Crippen MR) is 195 cm³/mol. The second kappa shape index (κ2) is 14.5. The molecule has 0 radical (unpaired) electrons. The van der Waals surface area contributed by atoms with E-state index >= 15 is 0 Å². The molecular formula is C37H32N10O4. The van der Waals surface area contributed by atoms with Gasteiger partial charge in [-0.1, -0.05) is 41.6 Å². The largest absolute Gasteiger partial charge is 0.497 e. The number of nitrogens with one attached hydrogen (secondary N) is 4. The van der Waals surface area contributed by atoms with Gasteiger partial charge in [-0.2, -0.15) is 15.0 Å². The lowest BCUT2D eigenvalue weighted by molar-refractivity contribution is 0.215. The molecule has 0 bridgehead atoms. The van der Waals surface area contributed by atoms with Crippen molar-refractivity contribution in [2.24, 2.45) is 0 Å². The Hall–Kier alpha value is -7.22. The van der Waals surface area contributed by atoms with Gasteiger partial charge in [0.1, 0.15) is 17.2 Å². The highest BCUT2D eigenvalue weighted by Gasteiger charge is 2.16. The highest BCUT2D eigenvalue weighted by molar-refractivity contribution is 5.92. The lowest BCUT2D eigenvalue weighted by Crippen LogP contribution is -2.18. The van der Waals surface area contributed by atoms with Crippen LogP contribution >= 0.6 is 0 Å². The van der Waals surface area contributed by atoms with Gasteiger partial charge in [0.05, 0.1) is 25.6 Å². The van der Waals surface area contributed by atoms with E-state index in [2.05, 4.69) is 46.5 Å². The molecule has 2 aromatic heterocycles. The Balaban J connectivity index is 1.07. The molecule has 14 nitrogen and oxygen atoms in total. The number of ether oxygens (including phenoxy) is 3. The second-order valence-corrected chi connectivity index (χ2v) is 11.1. The first kappa shape index (κ1) is 32.3. The number of nitrogens with zero attached hydrogens (tertiary/aromatic N) is 6. The van der Waals surface area contributed by atoms with Gasteiger partial charge in [-0.05, 0) is 91.2 Å². The van der Waals surface area contributed by atoms with Crippen molar-refractivity contribution in [3.63, 3.8) is 0 Å². The minimum absolute atomic E-state index is 0.279. The van der Waals surface area contributed by atoms with Crippen molar-refractivity contribution >= 4 is 57.6 Å². The maximum Gasteiger partial charge on any atom is 0.418 e. The molecule has 5 aromatic carbocycles. The van der Waals surface area contributed by atoms with Crippen LogP contribution in [0, 0.1) is 6.92 Å². The molecule has 0 aliphatic heterocycles. The van der Waals surface area contributed by atoms with Crippen LogP contribution in [-0.4, -0.2) is 50.3 Å². The summed E-state index contributed by atoms with van der Waals surface area (Å²) in [6.07, 6.45) is -0.667. The van der Waals surface area contributed by atoms with E-state index in [1.165, 1.54) is 0 Å². The first-order chi connectivity index (χ1) is 24.9. The van der Waals surface area contributed by atoms with E-state index in [4.69, 9.17) is 14.2 Å². The van der Waals surface area contributed by atoms with Crippen molar-refractivity contribution in [2.75, 3.05) is 35.5 Å². The average Bonchev–Trinajstić information content (AvgIpc) is 3.51. The van der Waals surface area contributed by atoms with Gasteiger partial charge in [-0.25, -0.2) is 9.48 Å². The number of benzene rings is 5. The van der Waals surface area contributed by atoms with E-state index < -0.39 is 6.09 Å². The fraction of sp³-hybridized carbons (Fsp3) is 0.0811. The van der Waals surface area contributed by atoms with Crippen LogP contribution in [-0.2, 0) is 0 Å². The summed E-state index contributed by atoms with van der Waals surface area (Å²) < 4.78 is 17.8. The van der Waals surface area contributed by atoms with Gasteiger partial charge in [0, 0.05) is 22.4 Å². The highest BCUT2D eigenvalue weighted by atomic mass is 16.6. The molecule has 0 unspecified atom stereocenters. The van der Waals surface area contributed by atoms with Crippen LogP contribution in [0.3, 0.4) is 0 Å². The third kappa shape index (κ3) is 7.60. The van der Waals surface area contributed by atoms with Gasteiger partial charge in [0.15, 0.2) is 5.82 Å². The van der Waals surface area contributed by atoms with Crippen molar-refractivity contribution < 1.29 is 19.0 Å². The second-order valence-electron chi connectivity index (χ2n) is 11.1. The average molecular weight is 681 g/mol. The Kier molecular flexibility index (Phi) is 9.19. The summed E-state index contributed by atoms with van der Waals surface area (Å²) in [7, 11) is 3.23. The standard InChI is InChI=1S/C37H32N10O4/c1-23-33(41-37(48)51-32-10-6-8-24-7-4-5-9-31(24)32)45-46-47(23)28-17-11-25(12-18-28)38-34-42-35(39-26-13-19-29(49-2)20-14-26)44-36(43-34)40-27-15-21-30(50-3)22-16-27/h4-22H,1-3H3,(H,41,48)(H3,38,39,40,42,43,44). The molecule has 0 spiro atoms. The summed E-state index contributed by atoms with van der Waals surface area (Å²) in [6, 6.07) is 35.5. The Morgan fingerprint density at radius 2 is 1.14 bits per heavy atom. The summed E-state index contributed by atoms with van der Waals surface area (Å²) in [6.45, 7) is 1.80. The zero-order valence-electron chi connectivity index (χ0n) is 27.8. The lowest BCUT2D eigenvalue weighted by Gasteiger charge is -2.12. The summed E-state index contributed by atoms with van der Waals surface area (Å²) in [5, 5.41) is 22.6. The summed E-state index contributed by atoms with van der Waals surface area (Å²) in [4.78, 5) is 26.5. The van der Waals surface area contributed by atoms with Gasteiger partial charge in [0.2, 0.25) is 17.8 Å². The maximum atomic E-state index is 12.8. The van der Waals surface area contributed by atoms with Crippen LogP contribution in [0.1, 0.15) is 5.69 Å². The van der Waals surface area contributed by atoms with Crippen molar-refractivity contribution in [1.29, 1.82) is 0 Å². The molecule has 0 aliphatic carbocycles. The minimum Gasteiger partial charge on any atom is -0.497 e. The summed E-state index contributed by atoms with van der Waals surface area (Å²) in [5.41, 5.74) is 3.59. The fourth-order valence-electron chi connectivity index (χ4n) is 5.16. The molecule has 1 amide bonds. The predicted octanol–water partition coefficient (Wildman–Crippen LogP) is 7.77. The Labute approximate surface area is 292 Å². The SMILES string of the molecule is COc1ccc(Nc2nc(Nc3ccc(OC)cc3)nc(Nc3ccc(-n4nnc(NC(=O)Oc5cccc6ccccc56)c4C)cc3)n2)cc1. The van der Waals surface area contributed by atoms with Crippen LogP contribution in [0.5, 0.6) is 17.2 Å². The van der Waals surface area contributed by atoms with Crippen molar-refractivity contribution in [2.45, 2.75) is 6.92 Å². The number of carbonyl (C=O) groups excluding carboxylic acids is 1. The monoisotopic (exact) mass is 680 g/mol. The first-order valence-electron chi connectivity index (χ1n) is 15.8. The van der Waals surface area contributed by atoms with E-state index in [-0.39, 0.29) is 5.82 Å². The zero-order valence-corrected chi connectivity index (χ0v) is 27.8. The van der Waals surface area contributed by atoms with Gasteiger partial charge < -0.3 is 30.2 Å². The molecule has 14 heteroatoms. The molecule has 7 aromatic rings. The normalized spacial score (nSPS) is 10.7. The number of amides is 1. The van der Waals surface area contributed by atoms with Crippen LogP contribution in [0.4, 0.5) is 45.5 Å². The van der Waals surface area contributed by atoms with Gasteiger partial charge >= 0.3 is 6.09 Å². The fourth-order valence-corrected chi connectivity index (χ4v) is 5.16. The molecule has 51 heavy (non-hydrogen) atoms. The molecule has 4 N–H and O–H groups in total. The molecule has 0 fully saturated rings. The number of hydrogen-bond donors (Lipinski definition) is 4. The van der Waals surface area contributed by atoms with Crippen LogP contribution in [0.2, 0.25) is 0 Å². The number of hydrogen-bond acceptors (Lipinski definition) is 12. The van der Waals surface area contributed by atoms with Crippen molar-refractivity contribution in [3.05, 3.63) is 121 Å². The van der Waals surface area contributed by atoms with E-state index in [9.17, 15) is 4.79 Å². The topological polar surface area (TPSA) is 162 Å². The Morgan fingerprint density at radius 1 is 0.627 bits per heavy atom. The van der Waals surface area contributed by atoms with E-state index in [0.717, 1.165) is 39.3 Å². The smallest absolute Gasteiger partial charge is 0.418 e. The van der Waals surface area contributed by atoms with E-state index in [0.29, 0.717) is 35.0 Å². The van der Waals surface area contributed by atoms with Crippen LogP contribution in [0.25, 0.3) is 16.5 Å². The first-order valence-corrected chi connectivity index (χ1v) is 15.8. The quantitative estimate of drug-likeness (QED) is 0.105. The molecule has 0 saturated carbocycles. The molecule has 7 rings (SSSR count). The summed E-state index contributed by atoms with van der Waals surface area (Å²) in [5.74, 6) is 3.14. The maximum absolute atomic E-state index is 12.8. The molecule has 2 heterocycles. The molecular weight excluding hydrogens is 648 g/mol. The zero-order chi connectivity index (χ0) is 35.2. The molecule has 254 valence electrons. The number of fused-ring (bicyclic) bond motifs is 1. The summed E-state index contributed by atoms with van der Waals surface area (Å²) >= 11 is 0. The Morgan fingerprint density at radius 3 is 1.69 bits per heavy atom. The van der Waals surface area contributed by atoms with Crippen LogP contribution < -0.4 is 35.5 Å². The van der Waals surface area contributed by atoms with Gasteiger partial charge in [-0.15, -0.1) is 5.10 Å². The molecule has 0 saturated heterocycles. The van der Waals surface area contributed by atoms with Crippen molar-refractivity contribution in [3.8, 4) is 22.9 Å². The highest BCUT2D eigenvalue weighted by Crippen LogP contribution is 2.27. The van der Waals surface area contributed by atoms with Gasteiger partial charge in [-0.3, -0.25) is 5.32 Å². The van der Waals surface area contributed by atoms with E-state index in [1.54, 1.807) is 31.9 Å². The van der Waals surface area contributed by atoms with E-state index in [1.807, 2.05) is 109 Å². The Bertz CT molecular complexity index is 2220. The molecule has 0 aliphatic rings. The van der Waals surface area contributed by atoms with Crippen LogP contribution in [0.15, 0.2) is 115 Å². The third-order valence-corrected chi connectivity index (χ3v) is 7.76.